The van der Waals surface area contributed by atoms with Gasteiger partial charge in [0.1, 0.15) is 6.54 Å². The Balaban J connectivity index is 1.97. The third kappa shape index (κ3) is 5.42. The standard InChI is InChI=1S/C18H19N3O4/c1-13(22)21(11-14-4-3-9-19-10-14)12-17(23)20-16-7-5-15(6-8-16)18(24)25-2/h3-10H,11-12H2,1-2H3,(H,20,23). The highest BCUT2D eigenvalue weighted by Gasteiger charge is 2.14. The van der Waals surface area contributed by atoms with Gasteiger partial charge in [0.25, 0.3) is 0 Å². The van der Waals surface area contributed by atoms with Crippen molar-refractivity contribution < 1.29 is 19.1 Å². The molecule has 0 saturated carbocycles. The monoisotopic (exact) mass is 341 g/mol. The minimum atomic E-state index is -0.447. The maximum atomic E-state index is 12.2. The maximum Gasteiger partial charge on any atom is 0.337 e. The predicted octanol–water partition coefficient (Wildman–Crippen LogP) is 1.86. The van der Waals surface area contributed by atoms with Gasteiger partial charge < -0.3 is 15.0 Å². The lowest BCUT2D eigenvalue weighted by atomic mass is 10.2. The number of aromatic nitrogens is 1. The van der Waals surface area contributed by atoms with E-state index in [4.69, 9.17) is 0 Å². The minimum Gasteiger partial charge on any atom is -0.465 e. The lowest BCUT2D eigenvalue weighted by molar-refractivity contribution is -0.133. The molecule has 0 spiro atoms. The van der Waals surface area contributed by atoms with Gasteiger partial charge in [-0.15, -0.1) is 0 Å². The molecule has 0 aliphatic heterocycles. The number of anilines is 1. The summed E-state index contributed by atoms with van der Waals surface area (Å²) >= 11 is 0. The van der Waals surface area contributed by atoms with Crippen LogP contribution in [0, 0.1) is 0 Å². The van der Waals surface area contributed by atoms with Crippen LogP contribution in [0.2, 0.25) is 0 Å². The zero-order chi connectivity index (χ0) is 18.2. The number of carbonyl (C=O) groups is 3. The fourth-order valence-electron chi connectivity index (χ4n) is 2.17. The summed E-state index contributed by atoms with van der Waals surface area (Å²) in [6.07, 6.45) is 3.30. The SMILES string of the molecule is COC(=O)c1ccc(NC(=O)CN(Cc2cccnc2)C(C)=O)cc1. The van der Waals surface area contributed by atoms with Crippen molar-refractivity contribution in [2.45, 2.75) is 13.5 Å². The number of benzene rings is 1. The van der Waals surface area contributed by atoms with Crippen molar-refractivity contribution in [1.29, 1.82) is 0 Å². The number of esters is 1. The van der Waals surface area contributed by atoms with Crippen LogP contribution >= 0.6 is 0 Å². The molecule has 2 amide bonds. The number of nitrogens with zero attached hydrogens (tertiary/aromatic N) is 2. The van der Waals surface area contributed by atoms with Gasteiger partial charge in [0.2, 0.25) is 11.8 Å². The molecule has 7 nitrogen and oxygen atoms in total. The molecular weight excluding hydrogens is 322 g/mol. The number of hydrogen-bond acceptors (Lipinski definition) is 5. The molecule has 2 rings (SSSR count). The van der Waals surface area contributed by atoms with Crippen LogP contribution in [-0.4, -0.2) is 41.3 Å². The van der Waals surface area contributed by atoms with Crippen molar-refractivity contribution >= 4 is 23.5 Å². The highest BCUT2D eigenvalue weighted by atomic mass is 16.5. The van der Waals surface area contributed by atoms with Crippen LogP contribution in [0.4, 0.5) is 5.69 Å². The summed E-state index contributed by atoms with van der Waals surface area (Å²) < 4.78 is 4.62. The van der Waals surface area contributed by atoms with Crippen LogP contribution in [0.15, 0.2) is 48.8 Å². The summed E-state index contributed by atoms with van der Waals surface area (Å²) in [5.41, 5.74) is 1.76. The van der Waals surface area contributed by atoms with E-state index >= 15 is 0 Å². The Morgan fingerprint density at radius 3 is 2.44 bits per heavy atom. The second kappa shape index (κ2) is 8.58. The maximum absolute atomic E-state index is 12.2. The van der Waals surface area contributed by atoms with Gasteiger partial charge in [-0.3, -0.25) is 14.6 Å². The predicted molar refractivity (Wildman–Crippen MR) is 91.7 cm³/mol. The zero-order valence-electron chi connectivity index (χ0n) is 14.1. The van der Waals surface area contributed by atoms with Gasteiger partial charge in [-0.1, -0.05) is 6.07 Å². The fourth-order valence-corrected chi connectivity index (χ4v) is 2.17. The molecule has 1 N–H and O–H groups in total. The van der Waals surface area contributed by atoms with E-state index in [-0.39, 0.29) is 18.4 Å². The molecule has 0 aliphatic carbocycles. The van der Waals surface area contributed by atoms with Gasteiger partial charge >= 0.3 is 5.97 Å². The number of amides is 2. The molecule has 1 aromatic carbocycles. The van der Waals surface area contributed by atoms with E-state index < -0.39 is 5.97 Å². The van der Waals surface area contributed by atoms with Crippen LogP contribution in [0.5, 0.6) is 0 Å². The van der Waals surface area contributed by atoms with E-state index in [1.807, 2.05) is 6.07 Å². The average Bonchev–Trinajstić information content (AvgIpc) is 2.62. The van der Waals surface area contributed by atoms with Crippen LogP contribution in [0.25, 0.3) is 0 Å². The Labute approximate surface area is 145 Å². The Bertz CT molecular complexity index is 745. The van der Waals surface area contributed by atoms with Crippen molar-refractivity contribution in [3.05, 3.63) is 59.9 Å². The third-order valence-corrected chi connectivity index (χ3v) is 3.47. The summed E-state index contributed by atoms with van der Waals surface area (Å²) in [6, 6.07) is 9.93. The van der Waals surface area contributed by atoms with Crippen molar-refractivity contribution in [2.75, 3.05) is 19.0 Å². The van der Waals surface area contributed by atoms with Crippen LogP contribution in [-0.2, 0) is 20.9 Å². The fraction of sp³-hybridized carbons (Fsp3) is 0.222. The van der Waals surface area contributed by atoms with Crippen molar-refractivity contribution in [3.63, 3.8) is 0 Å². The minimum absolute atomic E-state index is 0.0804. The largest absolute Gasteiger partial charge is 0.465 e. The second-order valence-corrected chi connectivity index (χ2v) is 5.35. The zero-order valence-corrected chi connectivity index (χ0v) is 14.1. The molecule has 0 atom stereocenters. The summed E-state index contributed by atoms with van der Waals surface area (Å²) in [5, 5.41) is 2.70. The summed E-state index contributed by atoms with van der Waals surface area (Å²) in [4.78, 5) is 40.7. The normalized spacial score (nSPS) is 10.0. The molecule has 1 heterocycles. The highest BCUT2D eigenvalue weighted by molar-refractivity contribution is 5.95. The molecule has 0 radical (unpaired) electrons. The third-order valence-electron chi connectivity index (χ3n) is 3.47. The van der Waals surface area contributed by atoms with Gasteiger partial charge in [0.05, 0.1) is 12.7 Å². The van der Waals surface area contributed by atoms with Gasteiger partial charge in [0.15, 0.2) is 0 Å². The molecule has 7 heteroatoms. The number of hydrogen-bond donors (Lipinski definition) is 1. The molecule has 0 aliphatic rings. The number of ether oxygens (including phenoxy) is 1. The Hall–Kier alpha value is -3.22. The van der Waals surface area contributed by atoms with E-state index in [0.717, 1.165) is 5.56 Å². The molecule has 0 saturated heterocycles. The molecule has 1 aromatic heterocycles. The first-order valence-corrected chi connectivity index (χ1v) is 7.62. The van der Waals surface area contributed by atoms with E-state index in [2.05, 4.69) is 15.0 Å². The lowest BCUT2D eigenvalue weighted by Crippen LogP contribution is -2.36. The van der Waals surface area contributed by atoms with Crippen molar-refractivity contribution in [3.8, 4) is 0 Å². The molecule has 0 unspecified atom stereocenters. The summed E-state index contributed by atoms with van der Waals surface area (Å²) in [7, 11) is 1.30. The summed E-state index contributed by atoms with van der Waals surface area (Å²) in [6.45, 7) is 1.63. The van der Waals surface area contributed by atoms with Crippen LogP contribution in [0.1, 0.15) is 22.8 Å². The molecular formula is C18H19N3O4. The van der Waals surface area contributed by atoms with Crippen molar-refractivity contribution in [2.24, 2.45) is 0 Å². The Morgan fingerprint density at radius 1 is 1.16 bits per heavy atom. The van der Waals surface area contributed by atoms with E-state index in [9.17, 15) is 14.4 Å². The number of carbonyl (C=O) groups excluding carboxylic acids is 3. The topological polar surface area (TPSA) is 88.6 Å². The van der Waals surface area contributed by atoms with E-state index in [1.165, 1.54) is 18.9 Å². The Kier molecular flexibility index (Phi) is 6.22. The molecule has 25 heavy (non-hydrogen) atoms. The first kappa shape index (κ1) is 18.1. The van der Waals surface area contributed by atoms with Gasteiger partial charge in [-0.25, -0.2) is 4.79 Å². The van der Waals surface area contributed by atoms with Gasteiger partial charge in [-0.2, -0.15) is 0 Å². The Morgan fingerprint density at radius 2 is 1.88 bits per heavy atom. The molecule has 0 fully saturated rings. The summed E-state index contributed by atoms with van der Waals surface area (Å²) in [5.74, 6) is -0.984. The van der Waals surface area contributed by atoms with Gasteiger partial charge in [0, 0.05) is 31.5 Å². The van der Waals surface area contributed by atoms with Crippen LogP contribution < -0.4 is 5.32 Å². The number of pyridine rings is 1. The average molecular weight is 341 g/mol. The lowest BCUT2D eigenvalue weighted by Gasteiger charge is -2.20. The number of nitrogens with one attached hydrogen (secondary N) is 1. The van der Waals surface area contributed by atoms with Crippen molar-refractivity contribution in [1.82, 2.24) is 9.88 Å². The molecule has 2 aromatic rings. The molecule has 130 valence electrons. The molecule has 0 bridgehead atoms. The van der Waals surface area contributed by atoms with E-state index in [1.54, 1.807) is 42.7 Å². The number of rotatable bonds is 6. The second-order valence-electron chi connectivity index (χ2n) is 5.35. The highest BCUT2D eigenvalue weighted by Crippen LogP contribution is 2.11. The first-order valence-electron chi connectivity index (χ1n) is 7.62. The number of methoxy groups -OCH3 is 1. The smallest absolute Gasteiger partial charge is 0.337 e. The first-order chi connectivity index (χ1) is 12.0. The van der Waals surface area contributed by atoms with Crippen LogP contribution in [0.3, 0.4) is 0 Å². The van der Waals surface area contributed by atoms with Gasteiger partial charge in [-0.05, 0) is 35.9 Å². The van der Waals surface area contributed by atoms with E-state index in [0.29, 0.717) is 17.8 Å². The quantitative estimate of drug-likeness (QED) is 0.810.